The molecule has 0 heterocycles. The van der Waals surface area contributed by atoms with Crippen LogP contribution in [0.1, 0.15) is 13.3 Å². The van der Waals surface area contributed by atoms with Crippen LogP contribution in [0.4, 0.5) is 15.8 Å². The van der Waals surface area contributed by atoms with E-state index in [1.54, 1.807) is 24.3 Å². The molecule has 0 spiro atoms. The summed E-state index contributed by atoms with van der Waals surface area (Å²) in [7, 11) is 0. The largest absolute Gasteiger partial charge is 0.455 e. The molecule has 0 aromatic heterocycles. The van der Waals surface area contributed by atoms with Crippen molar-refractivity contribution in [2.75, 3.05) is 16.8 Å². The summed E-state index contributed by atoms with van der Waals surface area (Å²) >= 11 is 0. The predicted octanol–water partition coefficient (Wildman–Crippen LogP) is 5.00. The van der Waals surface area contributed by atoms with Gasteiger partial charge in [0, 0.05) is 25.6 Å². The SMILES string of the molecule is CC(=O)N(CCC(=O)Nc1cccc(F)c1)c1ccccc1Oc1ccccc1. The molecule has 3 aromatic rings. The van der Waals surface area contributed by atoms with Crippen molar-refractivity contribution in [2.45, 2.75) is 13.3 Å². The first kappa shape index (κ1) is 20.1. The smallest absolute Gasteiger partial charge is 0.226 e. The Morgan fingerprint density at radius 2 is 1.69 bits per heavy atom. The van der Waals surface area contributed by atoms with Gasteiger partial charge in [-0.25, -0.2) is 4.39 Å². The van der Waals surface area contributed by atoms with Crippen LogP contribution in [0.25, 0.3) is 0 Å². The predicted molar refractivity (Wildman–Crippen MR) is 111 cm³/mol. The summed E-state index contributed by atoms with van der Waals surface area (Å²) in [6, 6.07) is 22.1. The maximum atomic E-state index is 13.3. The number of hydrogen-bond acceptors (Lipinski definition) is 3. The molecule has 0 fully saturated rings. The third-order valence-corrected chi connectivity index (χ3v) is 4.18. The van der Waals surface area contributed by atoms with E-state index in [9.17, 15) is 14.0 Å². The number of amides is 2. The number of ether oxygens (including phenoxy) is 1. The van der Waals surface area contributed by atoms with Gasteiger partial charge in [-0.05, 0) is 42.5 Å². The summed E-state index contributed by atoms with van der Waals surface area (Å²) < 4.78 is 19.2. The first-order chi connectivity index (χ1) is 14.0. The van der Waals surface area contributed by atoms with E-state index in [2.05, 4.69) is 5.32 Å². The number of hydrogen-bond donors (Lipinski definition) is 1. The lowest BCUT2D eigenvalue weighted by molar-refractivity contribution is -0.117. The standard InChI is InChI=1S/C23H21FN2O3/c1-17(27)26(15-14-23(28)25-19-9-7-8-18(24)16-19)21-12-5-6-13-22(21)29-20-10-3-2-4-11-20/h2-13,16H,14-15H2,1H3,(H,25,28). The minimum atomic E-state index is -0.430. The molecule has 0 saturated carbocycles. The highest BCUT2D eigenvalue weighted by Crippen LogP contribution is 2.32. The number of nitrogens with zero attached hydrogens (tertiary/aromatic N) is 1. The molecular weight excluding hydrogens is 371 g/mol. The van der Waals surface area contributed by atoms with Gasteiger partial charge >= 0.3 is 0 Å². The molecule has 3 aromatic carbocycles. The van der Waals surface area contributed by atoms with Crippen LogP contribution >= 0.6 is 0 Å². The molecule has 0 saturated heterocycles. The molecule has 3 rings (SSSR count). The van der Waals surface area contributed by atoms with E-state index in [0.29, 0.717) is 22.9 Å². The van der Waals surface area contributed by atoms with E-state index in [-0.39, 0.29) is 24.8 Å². The second-order valence-electron chi connectivity index (χ2n) is 6.36. The zero-order valence-electron chi connectivity index (χ0n) is 16.0. The third-order valence-electron chi connectivity index (χ3n) is 4.18. The summed E-state index contributed by atoms with van der Waals surface area (Å²) in [5.41, 5.74) is 0.944. The summed E-state index contributed by atoms with van der Waals surface area (Å²) in [4.78, 5) is 26.0. The van der Waals surface area contributed by atoms with Crippen LogP contribution < -0.4 is 15.0 Å². The zero-order valence-corrected chi connectivity index (χ0v) is 16.0. The first-order valence-electron chi connectivity index (χ1n) is 9.18. The van der Waals surface area contributed by atoms with E-state index < -0.39 is 5.82 Å². The topological polar surface area (TPSA) is 58.6 Å². The number of nitrogens with one attached hydrogen (secondary N) is 1. The third kappa shape index (κ3) is 5.65. The highest BCUT2D eigenvalue weighted by atomic mass is 19.1. The Balaban J connectivity index is 1.71. The van der Waals surface area contributed by atoms with Gasteiger partial charge in [-0.2, -0.15) is 0 Å². The second kappa shape index (κ2) is 9.50. The fraction of sp³-hybridized carbons (Fsp3) is 0.130. The van der Waals surface area contributed by atoms with Gasteiger partial charge in [0.15, 0.2) is 5.75 Å². The molecule has 0 aliphatic heterocycles. The van der Waals surface area contributed by atoms with Gasteiger partial charge in [-0.15, -0.1) is 0 Å². The molecule has 2 amide bonds. The summed E-state index contributed by atoms with van der Waals surface area (Å²) in [5.74, 6) is 0.197. The fourth-order valence-electron chi connectivity index (χ4n) is 2.83. The van der Waals surface area contributed by atoms with Crippen molar-refractivity contribution in [2.24, 2.45) is 0 Å². The number of carbonyl (C=O) groups excluding carboxylic acids is 2. The van der Waals surface area contributed by atoms with Gasteiger partial charge in [-0.1, -0.05) is 36.4 Å². The van der Waals surface area contributed by atoms with E-state index in [1.165, 1.54) is 30.0 Å². The molecule has 148 valence electrons. The van der Waals surface area contributed by atoms with E-state index >= 15 is 0 Å². The van der Waals surface area contributed by atoms with Crippen LogP contribution in [0.5, 0.6) is 11.5 Å². The highest BCUT2D eigenvalue weighted by Gasteiger charge is 2.18. The Morgan fingerprint density at radius 3 is 2.41 bits per heavy atom. The lowest BCUT2D eigenvalue weighted by Crippen LogP contribution is -2.32. The summed E-state index contributed by atoms with van der Waals surface area (Å²) in [5, 5.41) is 2.63. The van der Waals surface area contributed by atoms with Gasteiger partial charge in [0.2, 0.25) is 11.8 Å². The van der Waals surface area contributed by atoms with Crippen molar-refractivity contribution < 1.29 is 18.7 Å². The van der Waals surface area contributed by atoms with Crippen molar-refractivity contribution >= 4 is 23.2 Å². The Labute approximate surface area is 168 Å². The number of benzene rings is 3. The molecule has 1 N–H and O–H groups in total. The van der Waals surface area contributed by atoms with Gasteiger partial charge in [0.1, 0.15) is 11.6 Å². The van der Waals surface area contributed by atoms with Crippen molar-refractivity contribution in [3.8, 4) is 11.5 Å². The highest BCUT2D eigenvalue weighted by molar-refractivity contribution is 5.95. The molecule has 0 aliphatic carbocycles. The average Bonchev–Trinajstić information content (AvgIpc) is 2.70. The van der Waals surface area contributed by atoms with Gasteiger partial charge in [-0.3, -0.25) is 9.59 Å². The maximum absolute atomic E-state index is 13.3. The van der Waals surface area contributed by atoms with Crippen LogP contribution in [0, 0.1) is 5.82 Å². The first-order valence-corrected chi connectivity index (χ1v) is 9.18. The molecule has 0 atom stereocenters. The quantitative estimate of drug-likeness (QED) is 0.616. The average molecular weight is 392 g/mol. The minimum absolute atomic E-state index is 0.0514. The molecule has 0 radical (unpaired) electrons. The number of rotatable bonds is 7. The Morgan fingerprint density at radius 1 is 0.966 bits per heavy atom. The molecule has 0 unspecified atom stereocenters. The van der Waals surface area contributed by atoms with E-state index in [4.69, 9.17) is 4.74 Å². The monoisotopic (exact) mass is 392 g/mol. The number of carbonyl (C=O) groups is 2. The molecule has 0 aliphatic rings. The van der Waals surface area contributed by atoms with Crippen LogP contribution in [0.2, 0.25) is 0 Å². The molecule has 29 heavy (non-hydrogen) atoms. The number of para-hydroxylation sites is 3. The van der Waals surface area contributed by atoms with Crippen molar-refractivity contribution in [3.05, 3.63) is 84.7 Å². The molecule has 0 bridgehead atoms. The molecule has 6 heteroatoms. The van der Waals surface area contributed by atoms with Crippen LogP contribution in [0.15, 0.2) is 78.9 Å². The van der Waals surface area contributed by atoms with Gasteiger partial charge < -0.3 is 15.0 Å². The normalized spacial score (nSPS) is 10.3. The second-order valence-corrected chi connectivity index (χ2v) is 6.36. The lowest BCUT2D eigenvalue weighted by Gasteiger charge is -2.23. The zero-order chi connectivity index (χ0) is 20.6. The molecule has 5 nitrogen and oxygen atoms in total. The number of anilines is 2. The number of halogens is 1. The van der Waals surface area contributed by atoms with Crippen molar-refractivity contribution in [3.63, 3.8) is 0 Å². The van der Waals surface area contributed by atoms with Gasteiger partial charge in [0.05, 0.1) is 5.69 Å². The van der Waals surface area contributed by atoms with Crippen LogP contribution in [0.3, 0.4) is 0 Å². The van der Waals surface area contributed by atoms with E-state index in [1.807, 2.05) is 36.4 Å². The van der Waals surface area contributed by atoms with E-state index in [0.717, 1.165) is 0 Å². The van der Waals surface area contributed by atoms with Crippen molar-refractivity contribution in [1.82, 2.24) is 0 Å². The summed E-state index contributed by atoms with van der Waals surface area (Å²) in [6.45, 7) is 1.59. The Kier molecular flexibility index (Phi) is 6.58. The van der Waals surface area contributed by atoms with Crippen molar-refractivity contribution in [1.29, 1.82) is 0 Å². The van der Waals surface area contributed by atoms with Gasteiger partial charge in [0.25, 0.3) is 0 Å². The molecular formula is C23H21FN2O3. The summed E-state index contributed by atoms with van der Waals surface area (Å²) in [6.07, 6.45) is 0.0514. The fourth-order valence-corrected chi connectivity index (χ4v) is 2.83. The Hall–Kier alpha value is -3.67. The Bertz CT molecular complexity index is 992. The minimum Gasteiger partial charge on any atom is -0.455 e. The van der Waals surface area contributed by atoms with Crippen LogP contribution in [-0.2, 0) is 9.59 Å². The lowest BCUT2D eigenvalue weighted by atomic mass is 10.2. The van der Waals surface area contributed by atoms with Crippen LogP contribution in [-0.4, -0.2) is 18.4 Å². The maximum Gasteiger partial charge on any atom is 0.226 e.